The highest BCUT2D eigenvalue weighted by molar-refractivity contribution is 7.95. The van der Waals surface area contributed by atoms with Crippen molar-refractivity contribution in [3.63, 3.8) is 0 Å². The molecule has 0 saturated carbocycles. The normalized spacial score (nSPS) is 11.4. The van der Waals surface area contributed by atoms with Gasteiger partial charge in [0.1, 0.15) is 12.3 Å². The molecule has 4 rings (SSSR count). The maximum Gasteiger partial charge on any atom is 0.323 e. The SMILES string of the molecule is CC(C)C(=O)OSc1cn(CC(=O)O)c2c(C=Cc3ccc(OCCCCOc4cccc(F)c4F)cc3)cccc12. The summed E-state index contributed by atoms with van der Waals surface area (Å²) in [6.45, 7) is 3.95. The van der Waals surface area contributed by atoms with Crippen molar-refractivity contribution in [1.29, 1.82) is 0 Å². The van der Waals surface area contributed by atoms with Crippen molar-refractivity contribution >= 4 is 47.0 Å². The van der Waals surface area contributed by atoms with Crippen molar-refractivity contribution in [1.82, 2.24) is 4.57 Å². The number of carboxylic acids is 1. The summed E-state index contributed by atoms with van der Waals surface area (Å²) < 4.78 is 44.9. The summed E-state index contributed by atoms with van der Waals surface area (Å²) in [5, 5.41) is 10.2. The number of hydrogen-bond donors (Lipinski definition) is 1. The van der Waals surface area contributed by atoms with Crippen LogP contribution in [0.1, 0.15) is 37.8 Å². The number of aromatic nitrogens is 1. The molecule has 0 spiro atoms. The fourth-order valence-corrected chi connectivity index (χ4v) is 4.83. The van der Waals surface area contributed by atoms with Crippen LogP contribution in [-0.4, -0.2) is 34.8 Å². The number of carbonyl (C=O) groups is 2. The van der Waals surface area contributed by atoms with Crippen molar-refractivity contribution in [2.75, 3.05) is 13.2 Å². The Morgan fingerprint density at radius 2 is 1.67 bits per heavy atom. The molecule has 42 heavy (non-hydrogen) atoms. The van der Waals surface area contributed by atoms with Crippen molar-refractivity contribution in [2.45, 2.75) is 38.1 Å². The van der Waals surface area contributed by atoms with Gasteiger partial charge in [0, 0.05) is 11.6 Å². The van der Waals surface area contributed by atoms with E-state index in [1.54, 1.807) is 24.6 Å². The zero-order chi connectivity index (χ0) is 30.1. The Morgan fingerprint density at radius 3 is 2.38 bits per heavy atom. The maximum absolute atomic E-state index is 13.6. The first-order valence-electron chi connectivity index (χ1n) is 13.4. The van der Waals surface area contributed by atoms with Crippen molar-refractivity contribution in [3.05, 3.63) is 89.6 Å². The molecule has 0 bridgehead atoms. The van der Waals surface area contributed by atoms with Gasteiger partial charge in [0.05, 0.1) is 41.6 Å². The number of hydrogen-bond acceptors (Lipinski definition) is 6. The van der Waals surface area contributed by atoms with Gasteiger partial charge in [-0.15, -0.1) is 0 Å². The van der Waals surface area contributed by atoms with Crippen molar-refractivity contribution in [3.8, 4) is 11.5 Å². The third-order valence-electron chi connectivity index (χ3n) is 6.20. The number of fused-ring (bicyclic) bond motifs is 1. The Kier molecular flexibility index (Phi) is 10.6. The highest BCUT2D eigenvalue weighted by atomic mass is 32.2. The van der Waals surface area contributed by atoms with E-state index in [1.165, 1.54) is 12.1 Å². The molecule has 0 aliphatic rings. The van der Waals surface area contributed by atoms with Gasteiger partial charge in [-0.2, -0.15) is 4.39 Å². The van der Waals surface area contributed by atoms with Crippen LogP contribution in [0.15, 0.2) is 71.8 Å². The molecule has 1 N–H and O–H groups in total. The molecule has 7 nitrogen and oxygen atoms in total. The molecule has 0 atom stereocenters. The highest BCUT2D eigenvalue weighted by Gasteiger charge is 2.17. The van der Waals surface area contributed by atoms with E-state index in [-0.39, 0.29) is 30.8 Å². The second-order valence-corrected chi connectivity index (χ2v) is 10.5. The van der Waals surface area contributed by atoms with Gasteiger partial charge in [0.25, 0.3) is 0 Å². The quantitative estimate of drug-likeness (QED) is 0.0912. The molecule has 3 aromatic carbocycles. The molecule has 0 fully saturated rings. The first-order valence-corrected chi connectivity index (χ1v) is 14.2. The van der Waals surface area contributed by atoms with E-state index < -0.39 is 17.6 Å². The van der Waals surface area contributed by atoms with E-state index in [4.69, 9.17) is 13.7 Å². The summed E-state index contributed by atoms with van der Waals surface area (Å²) in [5.41, 5.74) is 2.46. The largest absolute Gasteiger partial charge is 0.494 e. The van der Waals surface area contributed by atoms with Crippen molar-refractivity contribution in [2.24, 2.45) is 5.92 Å². The Bertz CT molecular complexity index is 1570. The minimum absolute atomic E-state index is 0.0997. The zero-order valence-electron chi connectivity index (χ0n) is 23.2. The smallest absolute Gasteiger partial charge is 0.323 e. The summed E-state index contributed by atoms with van der Waals surface area (Å²) in [5.74, 6) is -2.94. The van der Waals surface area contributed by atoms with Gasteiger partial charge in [0.2, 0.25) is 5.82 Å². The lowest BCUT2D eigenvalue weighted by Gasteiger charge is -2.09. The van der Waals surface area contributed by atoms with Crippen LogP contribution >= 0.6 is 12.0 Å². The molecule has 0 unspecified atom stereocenters. The summed E-state index contributed by atoms with van der Waals surface area (Å²) in [7, 11) is 0. The molecule has 220 valence electrons. The summed E-state index contributed by atoms with van der Waals surface area (Å²) in [4.78, 5) is 24.2. The molecule has 10 heteroatoms. The number of para-hydroxylation sites is 1. The Hall–Kier alpha value is -4.31. The number of halogens is 2. The van der Waals surface area contributed by atoms with Crippen LogP contribution in [0.2, 0.25) is 0 Å². The monoisotopic (exact) mass is 595 g/mol. The summed E-state index contributed by atoms with van der Waals surface area (Å²) in [6.07, 6.45) is 6.81. The number of unbranched alkanes of at least 4 members (excludes halogenated alkanes) is 1. The lowest BCUT2D eigenvalue weighted by molar-refractivity contribution is -0.138. The molecule has 0 saturated heterocycles. The van der Waals surface area contributed by atoms with Gasteiger partial charge in [-0.1, -0.05) is 62.4 Å². The molecule has 0 radical (unpaired) electrons. The van der Waals surface area contributed by atoms with E-state index in [9.17, 15) is 23.5 Å². The molecule has 4 aromatic rings. The fraction of sp³-hybridized carbons (Fsp3) is 0.250. The van der Waals surface area contributed by atoms with E-state index >= 15 is 0 Å². The van der Waals surface area contributed by atoms with Crippen LogP contribution in [0.5, 0.6) is 11.5 Å². The summed E-state index contributed by atoms with van der Waals surface area (Å²) in [6, 6.07) is 17.0. The van der Waals surface area contributed by atoms with Gasteiger partial charge in [-0.25, -0.2) is 4.39 Å². The predicted octanol–water partition coefficient (Wildman–Crippen LogP) is 7.62. The van der Waals surface area contributed by atoms with Gasteiger partial charge in [0.15, 0.2) is 11.6 Å². The number of ether oxygens (including phenoxy) is 2. The number of rotatable bonds is 14. The minimum Gasteiger partial charge on any atom is -0.494 e. The Balaban J connectivity index is 1.35. The van der Waals surface area contributed by atoms with E-state index in [0.717, 1.165) is 40.1 Å². The minimum atomic E-state index is -0.984. The number of carbonyl (C=O) groups excluding carboxylic acids is 1. The number of nitrogens with zero attached hydrogens (tertiary/aromatic N) is 1. The molecular formula is C32H31F2NO6S. The molecule has 0 aliphatic heterocycles. The fourth-order valence-electron chi connectivity index (χ4n) is 4.04. The second kappa shape index (κ2) is 14.5. The average molecular weight is 596 g/mol. The van der Waals surface area contributed by atoms with E-state index in [1.807, 2.05) is 54.6 Å². The molecular weight excluding hydrogens is 564 g/mol. The molecule has 0 amide bonds. The lowest BCUT2D eigenvalue weighted by Crippen LogP contribution is -2.08. The average Bonchev–Trinajstić information content (AvgIpc) is 3.32. The highest BCUT2D eigenvalue weighted by Crippen LogP contribution is 2.34. The topological polar surface area (TPSA) is 87.0 Å². The number of benzene rings is 3. The second-order valence-electron chi connectivity index (χ2n) is 9.76. The zero-order valence-corrected chi connectivity index (χ0v) is 24.0. The lowest BCUT2D eigenvalue weighted by atomic mass is 10.1. The van der Waals surface area contributed by atoms with Crippen LogP contribution in [0.4, 0.5) is 8.78 Å². The number of aliphatic carboxylic acids is 1. The van der Waals surface area contributed by atoms with E-state index in [0.29, 0.717) is 30.1 Å². The Labute approximate surface area is 246 Å². The Morgan fingerprint density at radius 1 is 0.952 bits per heavy atom. The van der Waals surface area contributed by atoms with Gasteiger partial charge >= 0.3 is 11.9 Å². The summed E-state index contributed by atoms with van der Waals surface area (Å²) >= 11 is 0.933. The van der Waals surface area contributed by atoms with Crippen LogP contribution in [0.25, 0.3) is 23.1 Å². The third kappa shape index (κ3) is 8.13. The van der Waals surface area contributed by atoms with Crippen LogP contribution < -0.4 is 9.47 Å². The molecule has 1 heterocycles. The van der Waals surface area contributed by atoms with Crippen LogP contribution in [-0.2, 0) is 20.3 Å². The predicted molar refractivity (Wildman–Crippen MR) is 158 cm³/mol. The molecule has 0 aliphatic carbocycles. The van der Waals surface area contributed by atoms with Crippen molar-refractivity contribution < 1.29 is 37.1 Å². The number of carboxylic acid groups (broad SMARTS) is 1. The third-order valence-corrected chi connectivity index (χ3v) is 6.95. The van der Waals surface area contributed by atoms with Gasteiger partial charge < -0.3 is 23.3 Å². The van der Waals surface area contributed by atoms with E-state index in [2.05, 4.69) is 0 Å². The maximum atomic E-state index is 13.6. The standard InChI is InChI=1S/C32H31F2NO6S/c1-21(2)32(38)41-42-28-19-35(20-29(36)37)31-23(7-5-8-25(28)31)14-11-22-12-15-24(16-13-22)39-17-3-4-18-40-27-10-6-9-26(33)30(27)34/h5-16,19,21H,3-4,17-18,20H2,1-2H3,(H,36,37). The molecule has 1 aromatic heterocycles. The van der Waals surface area contributed by atoms with Crippen LogP contribution in [0, 0.1) is 17.6 Å². The van der Waals surface area contributed by atoms with Gasteiger partial charge in [-0.3, -0.25) is 9.59 Å². The first-order chi connectivity index (χ1) is 20.2. The van der Waals surface area contributed by atoms with Gasteiger partial charge in [-0.05, 0) is 48.2 Å². The first kappa shape index (κ1) is 30.6. The van der Waals surface area contributed by atoms with Crippen LogP contribution in [0.3, 0.4) is 0 Å².